The summed E-state index contributed by atoms with van der Waals surface area (Å²) in [6.45, 7) is 0.214. The molecule has 0 atom stereocenters. The number of carbonyl (C=O) groups excluding carboxylic acids is 1. The van der Waals surface area contributed by atoms with Gasteiger partial charge in [0.15, 0.2) is 11.5 Å². The van der Waals surface area contributed by atoms with Crippen molar-refractivity contribution in [2.24, 2.45) is 0 Å². The smallest absolute Gasteiger partial charge is 0.274 e. The van der Waals surface area contributed by atoms with Gasteiger partial charge in [-0.05, 0) is 42.5 Å². The monoisotopic (exact) mass is 397 g/mol. The summed E-state index contributed by atoms with van der Waals surface area (Å²) in [5, 5.41) is 6.48. The van der Waals surface area contributed by atoms with Crippen LogP contribution >= 0.6 is 11.6 Å². The Morgan fingerprint density at radius 2 is 1.89 bits per heavy atom. The minimum atomic E-state index is -0.380. The zero-order valence-electron chi connectivity index (χ0n) is 14.9. The second-order valence-corrected chi connectivity index (χ2v) is 6.36. The van der Waals surface area contributed by atoms with Crippen molar-refractivity contribution >= 4 is 34.6 Å². The maximum absolute atomic E-state index is 12.6. The Hall–Kier alpha value is -3.45. The number of pyridine rings is 1. The second-order valence-electron chi connectivity index (χ2n) is 5.92. The van der Waals surface area contributed by atoms with Crippen molar-refractivity contribution in [3.63, 3.8) is 0 Å². The van der Waals surface area contributed by atoms with Crippen LogP contribution < -0.4 is 24.8 Å². The molecule has 0 radical (unpaired) electrons. The highest BCUT2D eigenvalue weighted by Gasteiger charge is 2.15. The van der Waals surface area contributed by atoms with Gasteiger partial charge in [0.05, 0.1) is 12.8 Å². The van der Waals surface area contributed by atoms with E-state index in [1.807, 2.05) is 18.2 Å². The summed E-state index contributed by atoms with van der Waals surface area (Å²) < 4.78 is 15.9. The molecule has 28 heavy (non-hydrogen) atoms. The van der Waals surface area contributed by atoms with Gasteiger partial charge < -0.3 is 24.8 Å². The molecule has 3 aromatic rings. The zero-order chi connectivity index (χ0) is 19.5. The van der Waals surface area contributed by atoms with Crippen molar-refractivity contribution in [3.05, 3.63) is 65.4 Å². The van der Waals surface area contributed by atoms with E-state index < -0.39 is 0 Å². The standard InChI is InChI=1S/C20H16ClN3O4/c1-26-17-4-2-12(21)8-15(17)24-20(25)16-9-14(6-7-22-16)23-13-3-5-18-19(10-13)28-11-27-18/h2-10H,11H2,1H3,(H,22,23)(H,24,25). The third-order valence-electron chi connectivity index (χ3n) is 4.06. The maximum atomic E-state index is 12.6. The maximum Gasteiger partial charge on any atom is 0.274 e. The molecule has 0 saturated heterocycles. The van der Waals surface area contributed by atoms with Crippen LogP contribution in [0.3, 0.4) is 0 Å². The van der Waals surface area contributed by atoms with Crippen LogP contribution in [-0.4, -0.2) is 24.8 Å². The molecule has 2 heterocycles. The Morgan fingerprint density at radius 1 is 1.07 bits per heavy atom. The van der Waals surface area contributed by atoms with E-state index in [0.717, 1.165) is 5.69 Å². The Kier molecular flexibility index (Phi) is 4.90. The molecule has 2 aromatic carbocycles. The molecule has 0 unspecified atom stereocenters. The molecule has 0 saturated carbocycles. The third-order valence-corrected chi connectivity index (χ3v) is 4.30. The number of amides is 1. The van der Waals surface area contributed by atoms with E-state index in [-0.39, 0.29) is 18.4 Å². The molecule has 0 bridgehead atoms. The van der Waals surface area contributed by atoms with Gasteiger partial charge in [-0.15, -0.1) is 0 Å². The summed E-state index contributed by atoms with van der Waals surface area (Å²) in [7, 11) is 1.52. The minimum absolute atomic E-state index is 0.214. The van der Waals surface area contributed by atoms with E-state index in [2.05, 4.69) is 15.6 Å². The number of nitrogens with one attached hydrogen (secondary N) is 2. The number of nitrogens with zero attached hydrogens (tertiary/aromatic N) is 1. The SMILES string of the molecule is COc1ccc(Cl)cc1NC(=O)c1cc(Nc2ccc3c(c2)OCO3)ccn1. The largest absolute Gasteiger partial charge is 0.495 e. The Bertz CT molecular complexity index is 1040. The molecule has 0 fully saturated rings. The van der Waals surface area contributed by atoms with Crippen molar-refractivity contribution in [1.82, 2.24) is 4.98 Å². The predicted molar refractivity (Wildman–Crippen MR) is 106 cm³/mol. The van der Waals surface area contributed by atoms with Crippen LogP contribution in [0.25, 0.3) is 0 Å². The molecule has 1 amide bonds. The summed E-state index contributed by atoms with van der Waals surface area (Å²) in [5.41, 5.74) is 2.22. The molecule has 0 spiro atoms. The number of aromatic nitrogens is 1. The van der Waals surface area contributed by atoms with Gasteiger partial charge >= 0.3 is 0 Å². The first kappa shape index (κ1) is 17.9. The molecule has 0 aliphatic carbocycles. The van der Waals surface area contributed by atoms with Crippen molar-refractivity contribution in [2.45, 2.75) is 0 Å². The first-order valence-corrected chi connectivity index (χ1v) is 8.78. The highest BCUT2D eigenvalue weighted by atomic mass is 35.5. The Labute approximate surface area is 166 Å². The summed E-state index contributed by atoms with van der Waals surface area (Å²) >= 11 is 6.01. The van der Waals surface area contributed by atoms with Gasteiger partial charge in [-0.25, -0.2) is 0 Å². The lowest BCUT2D eigenvalue weighted by molar-refractivity contribution is 0.102. The molecule has 2 N–H and O–H groups in total. The van der Waals surface area contributed by atoms with Crippen LogP contribution in [0.2, 0.25) is 5.02 Å². The van der Waals surface area contributed by atoms with Crippen LogP contribution in [0.1, 0.15) is 10.5 Å². The van der Waals surface area contributed by atoms with E-state index in [9.17, 15) is 4.79 Å². The van der Waals surface area contributed by atoms with Gasteiger partial charge in [0.1, 0.15) is 11.4 Å². The Balaban J connectivity index is 1.52. The summed E-state index contributed by atoms with van der Waals surface area (Å²) in [6.07, 6.45) is 1.55. The lowest BCUT2D eigenvalue weighted by Crippen LogP contribution is -2.14. The number of fused-ring (bicyclic) bond motifs is 1. The van der Waals surface area contributed by atoms with E-state index >= 15 is 0 Å². The number of carbonyl (C=O) groups is 1. The molecule has 1 aliphatic rings. The van der Waals surface area contributed by atoms with E-state index in [1.54, 1.807) is 36.5 Å². The van der Waals surface area contributed by atoms with Crippen molar-refractivity contribution in [3.8, 4) is 17.2 Å². The van der Waals surface area contributed by atoms with Crippen molar-refractivity contribution in [1.29, 1.82) is 0 Å². The van der Waals surface area contributed by atoms with Crippen LogP contribution in [0.4, 0.5) is 17.1 Å². The molecule has 142 valence electrons. The second kappa shape index (κ2) is 7.66. The number of hydrogen-bond acceptors (Lipinski definition) is 6. The zero-order valence-corrected chi connectivity index (χ0v) is 15.6. The average molecular weight is 398 g/mol. The lowest BCUT2D eigenvalue weighted by Gasteiger charge is -2.11. The highest BCUT2D eigenvalue weighted by Crippen LogP contribution is 2.35. The third kappa shape index (κ3) is 3.79. The summed E-state index contributed by atoms with van der Waals surface area (Å²) in [6, 6.07) is 13.9. The molecular formula is C20H16ClN3O4. The Morgan fingerprint density at radius 3 is 2.75 bits per heavy atom. The molecule has 1 aliphatic heterocycles. The predicted octanol–water partition coefficient (Wildman–Crippen LogP) is 4.47. The van der Waals surface area contributed by atoms with Crippen molar-refractivity contribution < 1.29 is 19.0 Å². The van der Waals surface area contributed by atoms with Crippen LogP contribution in [-0.2, 0) is 0 Å². The van der Waals surface area contributed by atoms with Gasteiger partial charge in [-0.1, -0.05) is 11.6 Å². The molecular weight excluding hydrogens is 382 g/mol. The first-order chi connectivity index (χ1) is 13.6. The van der Waals surface area contributed by atoms with Gasteiger partial charge in [0.25, 0.3) is 5.91 Å². The van der Waals surface area contributed by atoms with Crippen LogP contribution in [0.15, 0.2) is 54.7 Å². The molecule has 1 aromatic heterocycles. The average Bonchev–Trinajstić information content (AvgIpc) is 3.16. The fourth-order valence-electron chi connectivity index (χ4n) is 2.74. The van der Waals surface area contributed by atoms with Crippen molar-refractivity contribution in [2.75, 3.05) is 24.5 Å². The number of halogens is 1. The van der Waals surface area contributed by atoms with E-state index in [0.29, 0.717) is 33.6 Å². The van der Waals surface area contributed by atoms with Crippen LogP contribution in [0.5, 0.6) is 17.2 Å². The molecule has 8 heteroatoms. The number of benzene rings is 2. The number of anilines is 3. The molecule has 4 rings (SSSR count). The van der Waals surface area contributed by atoms with E-state index in [4.69, 9.17) is 25.8 Å². The van der Waals surface area contributed by atoms with Crippen LogP contribution in [0, 0.1) is 0 Å². The van der Waals surface area contributed by atoms with Gasteiger partial charge in [0.2, 0.25) is 6.79 Å². The number of methoxy groups -OCH3 is 1. The normalized spacial score (nSPS) is 11.8. The molecule has 7 nitrogen and oxygen atoms in total. The quantitative estimate of drug-likeness (QED) is 0.661. The summed E-state index contributed by atoms with van der Waals surface area (Å²) in [4.78, 5) is 16.8. The van der Waals surface area contributed by atoms with Gasteiger partial charge in [-0.2, -0.15) is 0 Å². The van der Waals surface area contributed by atoms with E-state index in [1.165, 1.54) is 7.11 Å². The fourth-order valence-corrected chi connectivity index (χ4v) is 2.91. The van der Waals surface area contributed by atoms with Gasteiger partial charge in [0, 0.05) is 28.7 Å². The lowest BCUT2D eigenvalue weighted by atomic mass is 10.2. The fraction of sp³-hybridized carbons (Fsp3) is 0.100. The topological polar surface area (TPSA) is 81.7 Å². The number of rotatable bonds is 5. The first-order valence-electron chi connectivity index (χ1n) is 8.40. The van der Waals surface area contributed by atoms with Gasteiger partial charge in [-0.3, -0.25) is 9.78 Å². The number of hydrogen-bond donors (Lipinski definition) is 2. The number of ether oxygens (including phenoxy) is 3. The minimum Gasteiger partial charge on any atom is -0.495 e. The summed E-state index contributed by atoms with van der Waals surface area (Å²) in [5.74, 6) is 1.50. The highest BCUT2D eigenvalue weighted by molar-refractivity contribution is 6.31.